The molecule has 2 N–H and O–H groups in total. The molecule has 0 radical (unpaired) electrons. The van der Waals surface area contributed by atoms with Crippen LogP contribution in [0, 0.1) is 11.8 Å². The van der Waals surface area contributed by atoms with E-state index in [1.54, 1.807) is 10.7 Å². The molecule has 1 aliphatic heterocycles. The van der Waals surface area contributed by atoms with E-state index in [-0.39, 0.29) is 29.6 Å². The summed E-state index contributed by atoms with van der Waals surface area (Å²) in [7, 11) is 1.53. The standard InChI is InChI=1S/C19H21ClN4O3/c1-10(11-4-3-5-12(20)6-11)24-16(7-15(23-24)18(25)21-2)19(26)22-17-13-8-27-9-14(13)17/h3-7,10,13-14,17H,8-9H2,1-2H3,(H,21,25)(H,22,26)/t10-,13-,14+,17+/m0/s1. The van der Waals surface area contributed by atoms with E-state index in [1.165, 1.54) is 13.1 Å². The molecule has 1 aromatic heterocycles. The van der Waals surface area contributed by atoms with Crippen molar-refractivity contribution in [3.05, 3.63) is 52.3 Å². The number of fused-ring (bicyclic) bond motifs is 1. The number of rotatable bonds is 5. The molecule has 27 heavy (non-hydrogen) atoms. The number of amides is 2. The van der Waals surface area contributed by atoms with Crippen LogP contribution in [0.5, 0.6) is 0 Å². The van der Waals surface area contributed by atoms with Crippen molar-refractivity contribution in [3.63, 3.8) is 0 Å². The number of carbonyl (C=O) groups is 2. The highest BCUT2D eigenvalue weighted by atomic mass is 35.5. The van der Waals surface area contributed by atoms with Crippen LogP contribution < -0.4 is 10.6 Å². The maximum absolute atomic E-state index is 12.9. The van der Waals surface area contributed by atoms with E-state index in [1.807, 2.05) is 25.1 Å². The van der Waals surface area contributed by atoms with Gasteiger partial charge in [-0.25, -0.2) is 0 Å². The summed E-state index contributed by atoms with van der Waals surface area (Å²) in [6, 6.07) is 8.80. The molecular formula is C19H21ClN4O3. The van der Waals surface area contributed by atoms with Gasteiger partial charge in [-0.2, -0.15) is 5.10 Å². The molecule has 0 unspecified atom stereocenters. The first-order valence-electron chi connectivity index (χ1n) is 8.95. The summed E-state index contributed by atoms with van der Waals surface area (Å²) in [5.41, 5.74) is 1.46. The lowest BCUT2D eigenvalue weighted by Crippen LogP contribution is -2.32. The molecule has 2 heterocycles. The molecular weight excluding hydrogens is 368 g/mol. The van der Waals surface area contributed by atoms with Gasteiger partial charge in [-0.3, -0.25) is 14.3 Å². The van der Waals surface area contributed by atoms with Crippen LogP contribution in [0.3, 0.4) is 0 Å². The van der Waals surface area contributed by atoms with Crippen LogP contribution in [0.15, 0.2) is 30.3 Å². The summed E-state index contributed by atoms with van der Waals surface area (Å²) in [6.07, 6.45) is 0. The molecule has 2 aliphatic rings. The summed E-state index contributed by atoms with van der Waals surface area (Å²) in [4.78, 5) is 25.0. The Balaban J connectivity index is 1.63. The molecule has 4 atom stereocenters. The monoisotopic (exact) mass is 388 g/mol. The zero-order valence-corrected chi connectivity index (χ0v) is 15.9. The Kier molecular flexibility index (Phi) is 4.65. The third kappa shape index (κ3) is 3.33. The van der Waals surface area contributed by atoms with Crippen LogP contribution in [0.1, 0.15) is 39.5 Å². The van der Waals surface area contributed by atoms with Gasteiger partial charge in [0.2, 0.25) is 0 Å². The van der Waals surface area contributed by atoms with Crippen LogP contribution in [0.2, 0.25) is 5.02 Å². The lowest BCUT2D eigenvalue weighted by atomic mass is 10.1. The van der Waals surface area contributed by atoms with E-state index >= 15 is 0 Å². The average molecular weight is 389 g/mol. The van der Waals surface area contributed by atoms with E-state index in [0.717, 1.165) is 5.56 Å². The van der Waals surface area contributed by atoms with Crippen molar-refractivity contribution in [1.29, 1.82) is 0 Å². The Hall–Kier alpha value is -2.38. The smallest absolute Gasteiger partial charge is 0.271 e. The number of halogens is 1. The Morgan fingerprint density at radius 1 is 1.26 bits per heavy atom. The number of ether oxygens (including phenoxy) is 1. The van der Waals surface area contributed by atoms with E-state index in [9.17, 15) is 9.59 Å². The topological polar surface area (TPSA) is 85.3 Å². The predicted octanol–water partition coefficient (Wildman–Crippen LogP) is 1.88. The number of benzene rings is 1. The molecule has 0 bridgehead atoms. The lowest BCUT2D eigenvalue weighted by Gasteiger charge is -2.16. The molecule has 2 amide bonds. The maximum atomic E-state index is 12.9. The molecule has 0 spiro atoms. The van der Waals surface area contributed by atoms with Crippen molar-refractivity contribution in [2.45, 2.75) is 19.0 Å². The molecule has 1 saturated heterocycles. The Bertz CT molecular complexity index is 887. The number of hydrogen-bond acceptors (Lipinski definition) is 4. The molecule has 1 aliphatic carbocycles. The minimum absolute atomic E-state index is 0.138. The number of carbonyl (C=O) groups excluding carboxylic acids is 2. The van der Waals surface area contributed by atoms with E-state index < -0.39 is 0 Å². The summed E-state index contributed by atoms with van der Waals surface area (Å²) in [5.74, 6) is 0.229. The van der Waals surface area contributed by atoms with E-state index in [2.05, 4.69) is 15.7 Å². The van der Waals surface area contributed by atoms with Gasteiger partial charge in [-0.05, 0) is 24.6 Å². The van der Waals surface area contributed by atoms with Crippen LogP contribution >= 0.6 is 11.6 Å². The first kappa shape index (κ1) is 18.0. The number of hydrogen-bond donors (Lipinski definition) is 2. The minimum Gasteiger partial charge on any atom is -0.381 e. The largest absolute Gasteiger partial charge is 0.381 e. The quantitative estimate of drug-likeness (QED) is 0.819. The summed E-state index contributed by atoms with van der Waals surface area (Å²) >= 11 is 6.10. The van der Waals surface area contributed by atoms with Gasteiger partial charge in [-0.15, -0.1) is 0 Å². The zero-order chi connectivity index (χ0) is 19.1. The number of nitrogens with one attached hydrogen (secondary N) is 2. The zero-order valence-electron chi connectivity index (χ0n) is 15.1. The normalized spacial score (nSPS) is 24.2. The van der Waals surface area contributed by atoms with Crippen molar-refractivity contribution < 1.29 is 14.3 Å². The molecule has 8 heteroatoms. The van der Waals surface area contributed by atoms with Crippen molar-refractivity contribution in [2.75, 3.05) is 20.3 Å². The fraction of sp³-hybridized carbons (Fsp3) is 0.421. The van der Waals surface area contributed by atoms with Gasteiger partial charge in [-0.1, -0.05) is 23.7 Å². The first-order valence-corrected chi connectivity index (χ1v) is 9.33. The highest BCUT2D eigenvalue weighted by Crippen LogP contribution is 2.44. The van der Waals surface area contributed by atoms with Crippen LogP contribution in [-0.4, -0.2) is 47.9 Å². The molecule has 1 aromatic carbocycles. The van der Waals surface area contributed by atoms with Gasteiger partial charge in [0.25, 0.3) is 11.8 Å². The molecule has 1 saturated carbocycles. The van der Waals surface area contributed by atoms with Gasteiger partial charge in [0.05, 0.1) is 19.3 Å². The molecule has 2 fully saturated rings. The number of nitrogens with zero attached hydrogens (tertiary/aromatic N) is 2. The molecule has 142 valence electrons. The van der Waals surface area contributed by atoms with Gasteiger partial charge < -0.3 is 15.4 Å². The van der Waals surface area contributed by atoms with Crippen LogP contribution in [0.25, 0.3) is 0 Å². The fourth-order valence-electron chi connectivity index (χ4n) is 3.69. The predicted molar refractivity (Wildman–Crippen MR) is 99.9 cm³/mol. The second-order valence-corrected chi connectivity index (χ2v) is 7.47. The third-order valence-electron chi connectivity index (χ3n) is 5.38. The Morgan fingerprint density at radius 3 is 2.67 bits per heavy atom. The molecule has 4 rings (SSSR count). The molecule has 2 aromatic rings. The minimum atomic E-state index is -0.335. The SMILES string of the molecule is CNC(=O)c1cc(C(=O)N[C@H]2[C@@H]3COC[C@@H]32)n([C@@H](C)c2cccc(Cl)c2)n1. The Labute approximate surface area is 162 Å². The summed E-state index contributed by atoms with van der Waals surface area (Å²) in [5, 5.41) is 10.6. The maximum Gasteiger partial charge on any atom is 0.271 e. The van der Waals surface area contributed by atoms with Crippen molar-refractivity contribution >= 4 is 23.4 Å². The van der Waals surface area contributed by atoms with Crippen molar-refractivity contribution in [3.8, 4) is 0 Å². The molecule has 7 nitrogen and oxygen atoms in total. The van der Waals surface area contributed by atoms with Gasteiger partial charge in [0.1, 0.15) is 5.69 Å². The number of aromatic nitrogens is 2. The van der Waals surface area contributed by atoms with Gasteiger partial charge in [0.15, 0.2) is 5.69 Å². The Morgan fingerprint density at radius 2 is 2.00 bits per heavy atom. The summed E-state index contributed by atoms with van der Waals surface area (Å²) < 4.78 is 6.95. The lowest BCUT2D eigenvalue weighted by molar-refractivity contribution is 0.0915. The second kappa shape index (κ2) is 6.98. The van der Waals surface area contributed by atoms with Gasteiger partial charge >= 0.3 is 0 Å². The van der Waals surface area contributed by atoms with Gasteiger partial charge in [0, 0.05) is 36.0 Å². The van der Waals surface area contributed by atoms with E-state index in [4.69, 9.17) is 16.3 Å². The van der Waals surface area contributed by atoms with Crippen molar-refractivity contribution in [1.82, 2.24) is 20.4 Å². The highest BCUT2D eigenvalue weighted by molar-refractivity contribution is 6.30. The second-order valence-electron chi connectivity index (χ2n) is 7.03. The van der Waals surface area contributed by atoms with Crippen molar-refractivity contribution in [2.24, 2.45) is 11.8 Å². The first-order chi connectivity index (χ1) is 13.0. The summed E-state index contributed by atoms with van der Waals surface area (Å²) in [6.45, 7) is 3.30. The average Bonchev–Trinajstić information content (AvgIpc) is 3.07. The van der Waals surface area contributed by atoms with Crippen LogP contribution in [-0.2, 0) is 4.74 Å². The van der Waals surface area contributed by atoms with Crippen LogP contribution in [0.4, 0.5) is 0 Å². The fourth-order valence-corrected chi connectivity index (χ4v) is 3.88. The van der Waals surface area contributed by atoms with E-state index in [0.29, 0.717) is 35.8 Å². The highest BCUT2D eigenvalue weighted by Gasteiger charge is 2.55. The third-order valence-corrected chi connectivity index (χ3v) is 5.61.